The van der Waals surface area contributed by atoms with Gasteiger partial charge in [-0.2, -0.15) is 4.98 Å². The van der Waals surface area contributed by atoms with E-state index in [-0.39, 0.29) is 53.9 Å². The van der Waals surface area contributed by atoms with Gasteiger partial charge in [-0.15, -0.1) is 5.10 Å². The van der Waals surface area contributed by atoms with Crippen LogP contribution in [-0.2, 0) is 14.4 Å². The number of carbonyl (C=O) groups excluding carboxylic acids is 3. The van der Waals surface area contributed by atoms with Crippen molar-refractivity contribution in [1.29, 1.82) is 0 Å². The first kappa shape index (κ1) is 16.2. The Morgan fingerprint density at radius 1 is 0.963 bits per heavy atom. The van der Waals surface area contributed by atoms with Crippen molar-refractivity contribution in [3.8, 4) is 0 Å². The van der Waals surface area contributed by atoms with Gasteiger partial charge in [-0.05, 0) is 18.4 Å². The molecule has 27 heavy (non-hydrogen) atoms. The molecular weight excluding hydrogens is 346 g/mol. The number of aromatic nitrogens is 3. The van der Waals surface area contributed by atoms with Crippen molar-refractivity contribution < 1.29 is 14.4 Å². The van der Waals surface area contributed by atoms with Gasteiger partial charge < -0.3 is 0 Å². The maximum absolute atomic E-state index is 12.8. The zero-order chi connectivity index (χ0) is 18.5. The van der Waals surface area contributed by atoms with E-state index in [4.69, 9.17) is 0 Å². The number of nitrogens with one attached hydrogen (secondary N) is 1. The summed E-state index contributed by atoms with van der Waals surface area (Å²) in [7, 11) is 0. The molecule has 2 aliphatic heterocycles. The Kier molecular flexibility index (Phi) is 3.60. The highest BCUT2D eigenvalue weighted by molar-refractivity contribution is 6.21. The van der Waals surface area contributed by atoms with Gasteiger partial charge in [0.05, 0.1) is 24.3 Å². The molecule has 0 bridgehead atoms. The third kappa shape index (κ3) is 2.47. The molecule has 3 atom stereocenters. The van der Waals surface area contributed by atoms with E-state index in [2.05, 4.69) is 15.4 Å². The molecule has 0 radical (unpaired) electrons. The molecule has 1 aliphatic carbocycles. The fourth-order valence-corrected chi connectivity index (χ4v) is 4.44. The number of hydrogen-bond acceptors (Lipinski definition) is 5. The Morgan fingerprint density at radius 3 is 2.30 bits per heavy atom. The third-order valence-electron chi connectivity index (χ3n) is 5.77. The van der Waals surface area contributed by atoms with E-state index in [0.29, 0.717) is 0 Å². The SMILES string of the molecule is O=C1C[C@H](c2ccccc2)n2nc(N3C(=O)[C@H]4CCCC[C@@H]4C3=O)nc2N1. The summed E-state index contributed by atoms with van der Waals surface area (Å²) in [5, 5.41) is 7.16. The zero-order valence-electron chi connectivity index (χ0n) is 14.7. The number of carbonyl (C=O) groups is 3. The van der Waals surface area contributed by atoms with E-state index in [9.17, 15) is 14.4 Å². The molecule has 0 unspecified atom stereocenters. The maximum Gasteiger partial charge on any atom is 0.260 e. The van der Waals surface area contributed by atoms with E-state index in [1.54, 1.807) is 4.68 Å². The average Bonchev–Trinajstić information content (AvgIpc) is 3.21. The first-order valence-electron chi connectivity index (χ1n) is 9.32. The van der Waals surface area contributed by atoms with Crippen LogP contribution in [0, 0.1) is 11.8 Å². The third-order valence-corrected chi connectivity index (χ3v) is 5.77. The molecule has 1 saturated heterocycles. The van der Waals surface area contributed by atoms with Gasteiger partial charge in [0.2, 0.25) is 23.7 Å². The van der Waals surface area contributed by atoms with Crippen LogP contribution in [0.5, 0.6) is 0 Å². The number of hydrogen-bond donors (Lipinski definition) is 1. The van der Waals surface area contributed by atoms with Gasteiger partial charge in [-0.3, -0.25) is 19.7 Å². The predicted molar refractivity (Wildman–Crippen MR) is 95.8 cm³/mol. The largest absolute Gasteiger partial charge is 0.295 e. The van der Waals surface area contributed by atoms with Crippen LogP contribution in [0.1, 0.15) is 43.7 Å². The first-order chi connectivity index (χ1) is 13.1. The molecule has 8 nitrogen and oxygen atoms in total. The fourth-order valence-electron chi connectivity index (χ4n) is 4.44. The quantitative estimate of drug-likeness (QED) is 0.820. The Labute approximate surface area is 155 Å². The maximum atomic E-state index is 12.8. The Bertz CT molecular complexity index is 914. The van der Waals surface area contributed by atoms with Crippen molar-refractivity contribution in [2.24, 2.45) is 11.8 Å². The topological polar surface area (TPSA) is 97.2 Å². The molecule has 138 valence electrons. The highest BCUT2D eigenvalue weighted by Gasteiger charge is 2.50. The minimum atomic E-state index is -0.314. The fraction of sp³-hybridized carbons (Fsp3) is 0.421. The molecule has 1 aromatic carbocycles. The molecule has 3 heterocycles. The molecular formula is C19H19N5O3. The van der Waals surface area contributed by atoms with Crippen molar-refractivity contribution in [3.63, 3.8) is 0 Å². The molecule has 1 aromatic heterocycles. The van der Waals surface area contributed by atoms with Crippen molar-refractivity contribution in [1.82, 2.24) is 14.8 Å². The van der Waals surface area contributed by atoms with E-state index < -0.39 is 0 Å². The molecule has 0 spiro atoms. The van der Waals surface area contributed by atoms with Crippen molar-refractivity contribution in [2.75, 3.05) is 10.2 Å². The van der Waals surface area contributed by atoms with Gasteiger partial charge in [0.25, 0.3) is 5.95 Å². The van der Waals surface area contributed by atoms with Gasteiger partial charge in [0.15, 0.2) is 0 Å². The standard InChI is InChI=1S/C19H19N5O3/c25-15-10-14(11-6-2-1-3-7-11)24-18(20-15)21-19(22-24)23-16(26)12-8-4-5-9-13(12)17(23)27/h1-3,6-7,12-14H,4-5,8-10H2,(H,20,21,22,25)/t12-,13-,14+/m0/s1. The van der Waals surface area contributed by atoms with Gasteiger partial charge >= 0.3 is 0 Å². The molecule has 1 N–H and O–H groups in total. The van der Waals surface area contributed by atoms with E-state index >= 15 is 0 Å². The molecule has 3 amide bonds. The molecule has 8 heteroatoms. The van der Waals surface area contributed by atoms with Crippen LogP contribution in [0.15, 0.2) is 30.3 Å². The molecule has 3 aliphatic rings. The van der Waals surface area contributed by atoms with Crippen molar-refractivity contribution in [3.05, 3.63) is 35.9 Å². The molecule has 5 rings (SSSR count). The zero-order valence-corrected chi connectivity index (χ0v) is 14.7. The number of amides is 3. The summed E-state index contributed by atoms with van der Waals surface area (Å²) in [5.74, 6) is -0.769. The summed E-state index contributed by atoms with van der Waals surface area (Å²) < 4.78 is 1.61. The first-order valence-corrected chi connectivity index (χ1v) is 9.32. The van der Waals surface area contributed by atoms with Crippen molar-refractivity contribution in [2.45, 2.75) is 38.1 Å². The summed E-state index contributed by atoms with van der Waals surface area (Å²) in [6.45, 7) is 0. The van der Waals surface area contributed by atoms with Crippen LogP contribution in [-0.4, -0.2) is 32.5 Å². The second-order valence-corrected chi connectivity index (χ2v) is 7.37. The Morgan fingerprint density at radius 2 is 1.63 bits per heavy atom. The van der Waals surface area contributed by atoms with E-state index in [1.165, 1.54) is 0 Å². The van der Waals surface area contributed by atoms with Crippen LogP contribution in [0.3, 0.4) is 0 Å². The highest BCUT2D eigenvalue weighted by Crippen LogP contribution is 2.40. The van der Waals surface area contributed by atoms with Gasteiger partial charge in [0.1, 0.15) is 0 Å². The number of fused-ring (bicyclic) bond motifs is 2. The monoisotopic (exact) mass is 365 g/mol. The minimum absolute atomic E-state index is 0.0672. The number of benzene rings is 1. The van der Waals surface area contributed by atoms with Crippen LogP contribution in [0.2, 0.25) is 0 Å². The predicted octanol–water partition coefficient (Wildman–Crippen LogP) is 1.89. The van der Waals surface area contributed by atoms with E-state index in [0.717, 1.165) is 36.1 Å². The van der Waals surface area contributed by atoms with Gasteiger partial charge in [0, 0.05) is 0 Å². The number of anilines is 2. The van der Waals surface area contributed by atoms with Crippen LogP contribution in [0.4, 0.5) is 11.9 Å². The van der Waals surface area contributed by atoms with Crippen LogP contribution < -0.4 is 10.2 Å². The lowest BCUT2D eigenvalue weighted by Gasteiger charge is -2.23. The second kappa shape index (κ2) is 6.00. The average molecular weight is 365 g/mol. The summed E-state index contributed by atoms with van der Waals surface area (Å²) in [5.41, 5.74) is 0.929. The Hall–Kier alpha value is -3.03. The summed E-state index contributed by atoms with van der Waals surface area (Å²) in [6, 6.07) is 9.24. The van der Waals surface area contributed by atoms with Crippen LogP contribution in [0.25, 0.3) is 0 Å². The number of imide groups is 1. The lowest BCUT2D eigenvalue weighted by atomic mass is 9.81. The smallest absolute Gasteiger partial charge is 0.260 e. The second-order valence-electron chi connectivity index (χ2n) is 7.37. The lowest BCUT2D eigenvalue weighted by molar-refractivity contribution is -0.122. The highest BCUT2D eigenvalue weighted by atomic mass is 16.2. The summed E-state index contributed by atoms with van der Waals surface area (Å²) in [4.78, 5) is 43.2. The lowest BCUT2D eigenvalue weighted by Crippen LogP contribution is -2.32. The molecule has 1 saturated carbocycles. The van der Waals surface area contributed by atoms with Crippen molar-refractivity contribution >= 4 is 29.6 Å². The Balaban J connectivity index is 1.54. The normalized spacial score (nSPS) is 27.3. The number of nitrogens with zero attached hydrogens (tertiary/aromatic N) is 4. The summed E-state index contributed by atoms with van der Waals surface area (Å²) >= 11 is 0. The molecule has 2 fully saturated rings. The van der Waals surface area contributed by atoms with Crippen LogP contribution >= 0.6 is 0 Å². The minimum Gasteiger partial charge on any atom is -0.295 e. The van der Waals surface area contributed by atoms with E-state index in [1.807, 2.05) is 30.3 Å². The summed E-state index contributed by atoms with van der Waals surface area (Å²) in [6.07, 6.45) is 3.64. The van der Waals surface area contributed by atoms with Gasteiger partial charge in [-0.1, -0.05) is 43.2 Å². The number of rotatable bonds is 2. The van der Waals surface area contributed by atoms with Gasteiger partial charge in [-0.25, -0.2) is 9.58 Å². The molecule has 2 aromatic rings.